The minimum absolute atomic E-state index is 0.0980. The van der Waals surface area contributed by atoms with E-state index in [0.717, 1.165) is 41.3 Å². The zero-order chi connectivity index (χ0) is 24.9. The Balaban J connectivity index is 1.75. The molecular formula is C29H31N5O. The van der Waals surface area contributed by atoms with E-state index in [-0.39, 0.29) is 11.2 Å². The summed E-state index contributed by atoms with van der Waals surface area (Å²) in [6, 6.07) is 18.5. The molecule has 0 unspecified atom stereocenters. The van der Waals surface area contributed by atoms with E-state index in [0.29, 0.717) is 35.6 Å². The number of hydrogen-bond acceptors (Lipinski definition) is 6. The van der Waals surface area contributed by atoms with Gasteiger partial charge in [-0.25, -0.2) is 4.99 Å². The topological polar surface area (TPSA) is 85.7 Å². The smallest absolute Gasteiger partial charge is 0.162 e. The summed E-state index contributed by atoms with van der Waals surface area (Å²) in [7, 11) is 0. The summed E-state index contributed by atoms with van der Waals surface area (Å²) >= 11 is 0. The van der Waals surface area contributed by atoms with Crippen LogP contribution in [-0.2, 0) is 4.79 Å². The lowest BCUT2D eigenvalue weighted by atomic mass is 9.68. The summed E-state index contributed by atoms with van der Waals surface area (Å²) in [6.45, 7) is 10.3. The van der Waals surface area contributed by atoms with Crippen LogP contribution in [0.2, 0.25) is 0 Å². The number of aliphatic imine (C=N–C) groups is 1. The van der Waals surface area contributed by atoms with Gasteiger partial charge in [0.05, 0.1) is 23.2 Å². The quantitative estimate of drug-likeness (QED) is 0.668. The summed E-state index contributed by atoms with van der Waals surface area (Å²) in [5, 5.41) is 10.4. The first-order valence-corrected chi connectivity index (χ1v) is 12.3. The molecule has 2 heterocycles. The lowest BCUT2D eigenvalue weighted by molar-refractivity contribution is -0.118. The molecule has 6 heteroatoms. The number of carbonyl (C=O) groups is 1. The maximum absolute atomic E-state index is 13.7. The molecule has 6 nitrogen and oxygen atoms in total. The molecule has 35 heavy (non-hydrogen) atoms. The average molecular weight is 466 g/mol. The molecule has 1 atom stereocenters. The van der Waals surface area contributed by atoms with Crippen molar-refractivity contribution in [2.45, 2.75) is 46.5 Å². The van der Waals surface area contributed by atoms with E-state index in [9.17, 15) is 10.1 Å². The summed E-state index contributed by atoms with van der Waals surface area (Å²) in [5.74, 6) is 0.560. The fourth-order valence-electron chi connectivity index (χ4n) is 5.69. The fourth-order valence-corrected chi connectivity index (χ4v) is 5.69. The number of Topliss-reactive ketones (excluding diaryl/α,β-unsaturated/α-hetero) is 1. The van der Waals surface area contributed by atoms with Gasteiger partial charge in [-0.05, 0) is 55.5 Å². The molecule has 2 N–H and O–H groups in total. The van der Waals surface area contributed by atoms with Gasteiger partial charge in [0.25, 0.3) is 0 Å². The van der Waals surface area contributed by atoms with Crippen LogP contribution in [0.15, 0.2) is 76.2 Å². The third-order valence-electron chi connectivity index (χ3n) is 7.32. The number of ketones is 1. The number of fused-ring (bicyclic) bond motifs is 4. The van der Waals surface area contributed by atoms with Gasteiger partial charge in [-0.3, -0.25) is 9.69 Å². The van der Waals surface area contributed by atoms with E-state index in [2.05, 4.69) is 50.8 Å². The number of amidine groups is 1. The lowest BCUT2D eigenvalue weighted by Gasteiger charge is -2.45. The van der Waals surface area contributed by atoms with Crippen LogP contribution >= 0.6 is 0 Å². The van der Waals surface area contributed by atoms with E-state index < -0.39 is 5.92 Å². The largest absolute Gasteiger partial charge is 0.383 e. The molecule has 0 saturated heterocycles. The molecule has 2 aromatic rings. The second-order valence-corrected chi connectivity index (χ2v) is 10.2. The van der Waals surface area contributed by atoms with Crippen molar-refractivity contribution in [1.82, 2.24) is 0 Å². The van der Waals surface area contributed by atoms with Crippen molar-refractivity contribution in [2.24, 2.45) is 16.1 Å². The molecular weight excluding hydrogens is 434 g/mol. The predicted octanol–water partition coefficient (Wildman–Crippen LogP) is 5.23. The van der Waals surface area contributed by atoms with Crippen molar-refractivity contribution in [1.29, 1.82) is 5.26 Å². The Morgan fingerprint density at radius 1 is 1.11 bits per heavy atom. The standard InChI is InChI=1S/C29H31N5O/c1-5-33(6-2)19-13-11-18(12-14-19)25-21(17-30)28-32-27(31)20-9-7-8-10-22(20)34(28)23-15-29(3,4)16-24(35)26(23)25/h7-14,25H,5-6,15-16H2,1-4H3,(H2,31,32)/t25-/m1/s1. The monoisotopic (exact) mass is 465 g/mol. The zero-order valence-electron chi connectivity index (χ0n) is 20.8. The van der Waals surface area contributed by atoms with Gasteiger partial charge in [0.15, 0.2) is 11.6 Å². The maximum atomic E-state index is 13.7. The number of anilines is 2. The van der Waals surface area contributed by atoms with E-state index in [1.54, 1.807) is 0 Å². The molecule has 0 bridgehead atoms. The SMILES string of the molecule is CCN(CC)c1ccc([C@@H]2C(C#N)=C3N=C(N)c4ccccc4N3C3=C2C(=O)CC(C)(C)C3)cc1. The molecule has 0 spiro atoms. The third kappa shape index (κ3) is 3.63. The highest BCUT2D eigenvalue weighted by Gasteiger charge is 2.46. The minimum Gasteiger partial charge on any atom is -0.383 e. The Morgan fingerprint density at radius 2 is 1.80 bits per heavy atom. The van der Waals surface area contributed by atoms with Gasteiger partial charge in [0.2, 0.25) is 0 Å². The number of benzene rings is 2. The summed E-state index contributed by atoms with van der Waals surface area (Å²) in [4.78, 5) is 22.7. The van der Waals surface area contributed by atoms with Crippen LogP contribution in [0.3, 0.4) is 0 Å². The Kier molecular flexibility index (Phi) is 5.52. The summed E-state index contributed by atoms with van der Waals surface area (Å²) < 4.78 is 0. The van der Waals surface area contributed by atoms with Crippen molar-refractivity contribution < 1.29 is 4.79 Å². The minimum atomic E-state index is -0.461. The summed E-state index contributed by atoms with van der Waals surface area (Å²) in [5.41, 5.74) is 12.0. The molecule has 2 aromatic carbocycles. The molecule has 3 aliphatic rings. The second-order valence-electron chi connectivity index (χ2n) is 10.2. The number of allylic oxidation sites excluding steroid dienone is 3. The Bertz CT molecular complexity index is 1340. The first-order valence-electron chi connectivity index (χ1n) is 12.3. The van der Waals surface area contributed by atoms with Gasteiger partial charge < -0.3 is 10.6 Å². The van der Waals surface area contributed by atoms with Gasteiger partial charge in [-0.2, -0.15) is 5.26 Å². The van der Waals surface area contributed by atoms with Crippen LogP contribution in [-0.4, -0.2) is 24.7 Å². The normalized spacial score (nSPS) is 20.5. The van der Waals surface area contributed by atoms with Crippen molar-refractivity contribution in [3.63, 3.8) is 0 Å². The number of hydrogen-bond donors (Lipinski definition) is 1. The molecule has 0 radical (unpaired) electrons. The van der Waals surface area contributed by atoms with E-state index >= 15 is 0 Å². The summed E-state index contributed by atoms with van der Waals surface area (Å²) in [6.07, 6.45) is 1.17. The van der Waals surface area contributed by atoms with Crippen LogP contribution in [0.25, 0.3) is 0 Å². The number of carbonyl (C=O) groups excluding carboxylic acids is 1. The molecule has 0 amide bonds. The Labute approximate surface area is 207 Å². The average Bonchev–Trinajstić information content (AvgIpc) is 2.84. The van der Waals surface area contributed by atoms with Gasteiger partial charge in [0.1, 0.15) is 5.84 Å². The van der Waals surface area contributed by atoms with E-state index in [1.807, 2.05) is 41.3 Å². The van der Waals surface area contributed by atoms with E-state index in [1.165, 1.54) is 0 Å². The molecule has 0 saturated carbocycles. The number of nitrogens with two attached hydrogens (primary N) is 1. The number of nitriles is 1. The molecule has 1 aliphatic carbocycles. The van der Waals surface area contributed by atoms with Gasteiger partial charge >= 0.3 is 0 Å². The number of nitrogens with zero attached hydrogens (tertiary/aromatic N) is 4. The van der Waals surface area contributed by atoms with Crippen molar-refractivity contribution in [3.8, 4) is 6.07 Å². The molecule has 0 fully saturated rings. The highest BCUT2D eigenvalue weighted by Crippen LogP contribution is 2.52. The number of para-hydroxylation sites is 1. The van der Waals surface area contributed by atoms with Gasteiger partial charge in [-0.1, -0.05) is 38.1 Å². The van der Waals surface area contributed by atoms with Crippen LogP contribution < -0.4 is 15.5 Å². The Morgan fingerprint density at radius 3 is 2.46 bits per heavy atom. The first kappa shape index (κ1) is 22.9. The second kappa shape index (κ2) is 8.42. The predicted molar refractivity (Wildman–Crippen MR) is 140 cm³/mol. The lowest BCUT2D eigenvalue weighted by Crippen LogP contribution is -2.42. The first-order chi connectivity index (χ1) is 16.8. The highest BCUT2D eigenvalue weighted by molar-refractivity contribution is 6.08. The van der Waals surface area contributed by atoms with E-state index in [4.69, 9.17) is 10.7 Å². The molecule has 2 aliphatic heterocycles. The van der Waals surface area contributed by atoms with Crippen molar-refractivity contribution >= 4 is 23.0 Å². The molecule has 178 valence electrons. The van der Waals surface area contributed by atoms with Gasteiger partial charge in [0, 0.05) is 42.0 Å². The number of rotatable bonds is 4. The Hall–Kier alpha value is -3.85. The van der Waals surface area contributed by atoms with Crippen LogP contribution in [0.5, 0.6) is 0 Å². The molecule has 5 rings (SSSR count). The van der Waals surface area contributed by atoms with Crippen molar-refractivity contribution in [2.75, 3.05) is 22.9 Å². The molecule has 0 aromatic heterocycles. The van der Waals surface area contributed by atoms with Crippen LogP contribution in [0, 0.1) is 16.7 Å². The fraction of sp³-hybridized carbons (Fsp3) is 0.345. The van der Waals surface area contributed by atoms with Crippen LogP contribution in [0.1, 0.15) is 57.6 Å². The maximum Gasteiger partial charge on any atom is 0.162 e. The zero-order valence-corrected chi connectivity index (χ0v) is 20.8. The van der Waals surface area contributed by atoms with Crippen LogP contribution in [0.4, 0.5) is 11.4 Å². The van der Waals surface area contributed by atoms with Crippen molar-refractivity contribution in [3.05, 3.63) is 82.3 Å². The van der Waals surface area contributed by atoms with Gasteiger partial charge in [-0.15, -0.1) is 0 Å². The third-order valence-corrected chi connectivity index (χ3v) is 7.32. The highest BCUT2D eigenvalue weighted by atomic mass is 16.1.